The molecule has 0 aromatic rings. The van der Waals surface area contributed by atoms with Gasteiger partial charge in [0.2, 0.25) is 5.91 Å². The monoisotopic (exact) mass is 340 g/mol. The Kier molecular flexibility index (Phi) is 9.71. The van der Waals surface area contributed by atoms with Gasteiger partial charge in [-0.05, 0) is 34.9 Å². The van der Waals surface area contributed by atoms with Crippen molar-refractivity contribution < 1.29 is 4.79 Å². The lowest BCUT2D eigenvalue weighted by Gasteiger charge is -2.36. The summed E-state index contributed by atoms with van der Waals surface area (Å²) < 4.78 is 0. The number of carbonyl (C=O) groups excluding carboxylic acids is 1. The summed E-state index contributed by atoms with van der Waals surface area (Å²) in [5, 5.41) is 6.54. The predicted octanol–water partition coefficient (Wildman–Crippen LogP) is 0.0458. The molecule has 1 fully saturated rings. The summed E-state index contributed by atoms with van der Waals surface area (Å²) in [6, 6.07) is 0.441. The number of piperazine rings is 1. The SMILES string of the molecule is CCNC(=NCC1CN(C)CCN1C)NCCC(=O)N(CC)CC. The zero-order valence-electron chi connectivity index (χ0n) is 16.1. The highest BCUT2D eigenvalue weighted by molar-refractivity contribution is 5.81. The van der Waals surface area contributed by atoms with Crippen LogP contribution in [0.15, 0.2) is 4.99 Å². The zero-order valence-corrected chi connectivity index (χ0v) is 16.1. The van der Waals surface area contributed by atoms with Gasteiger partial charge in [0.1, 0.15) is 0 Å². The molecule has 0 saturated carbocycles. The number of nitrogens with zero attached hydrogens (tertiary/aromatic N) is 4. The van der Waals surface area contributed by atoms with E-state index in [2.05, 4.69) is 41.5 Å². The van der Waals surface area contributed by atoms with Crippen molar-refractivity contribution >= 4 is 11.9 Å². The van der Waals surface area contributed by atoms with Crippen LogP contribution in [0.1, 0.15) is 27.2 Å². The molecule has 1 aliphatic rings. The Bertz CT molecular complexity index is 397. The molecular formula is C17H36N6O. The standard InChI is InChI=1S/C17H36N6O/c1-6-18-17(19-10-9-16(24)23(7-2)8-3)20-13-15-14-21(4)11-12-22(15)5/h15H,6-14H2,1-5H3,(H2,18,19,20). The molecule has 0 spiro atoms. The molecular weight excluding hydrogens is 304 g/mol. The van der Waals surface area contributed by atoms with Crippen LogP contribution in [0.4, 0.5) is 0 Å². The van der Waals surface area contributed by atoms with Gasteiger partial charge < -0.3 is 20.4 Å². The summed E-state index contributed by atoms with van der Waals surface area (Å²) in [5.74, 6) is 0.989. The third-order valence-electron chi connectivity index (χ3n) is 4.53. The first-order valence-corrected chi connectivity index (χ1v) is 9.20. The highest BCUT2D eigenvalue weighted by Crippen LogP contribution is 2.06. The molecule has 0 aromatic heterocycles. The molecule has 0 aliphatic carbocycles. The molecule has 0 radical (unpaired) electrons. The Morgan fingerprint density at radius 1 is 1.17 bits per heavy atom. The van der Waals surface area contributed by atoms with E-state index >= 15 is 0 Å². The van der Waals surface area contributed by atoms with Crippen LogP contribution in [0.5, 0.6) is 0 Å². The minimum absolute atomic E-state index is 0.192. The molecule has 1 aliphatic heterocycles. The van der Waals surface area contributed by atoms with Crippen LogP contribution in [-0.4, -0.2) is 99.1 Å². The van der Waals surface area contributed by atoms with Crippen molar-refractivity contribution in [1.29, 1.82) is 0 Å². The van der Waals surface area contributed by atoms with Crippen LogP contribution in [0.2, 0.25) is 0 Å². The van der Waals surface area contributed by atoms with E-state index in [0.29, 0.717) is 19.0 Å². The Balaban J connectivity index is 2.46. The third-order valence-corrected chi connectivity index (χ3v) is 4.53. The van der Waals surface area contributed by atoms with E-state index in [9.17, 15) is 4.79 Å². The van der Waals surface area contributed by atoms with Crippen LogP contribution in [0.25, 0.3) is 0 Å². The summed E-state index contributed by atoms with van der Waals surface area (Å²) >= 11 is 0. The van der Waals surface area contributed by atoms with E-state index in [4.69, 9.17) is 4.99 Å². The van der Waals surface area contributed by atoms with Crippen LogP contribution in [0.3, 0.4) is 0 Å². The number of hydrogen-bond acceptors (Lipinski definition) is 4. The number of aliphatic imine (C=N–C) groups is 1. The van der Waals surface area contributed by atoms with E-state index in [0.717, 1.165) is 51.8 Å². The quantitative estimate of drug-likeness (QED) is 0.483. The fourth-order valence-corrected chi connectivity index (χ4v) is 2.86. The number of guanidine groups is 1. The average molecular weight is 341 g/mol. The summed E-state index contributed by atoms with van der Waals surface area (Å²) in [4.78, 5) is 23.3. The van der Waals surface area contributed by atoms with Gasteiger partial charge in [0.15, 0.2) is 5.96 Å². The second-order valence-corrected chi connectivity index (χ2v) is 6.36. The van der Waals surface area contributed by atoms with E-state index < -0.39 is 0 Å². The fourth-order valence-electron chi connectivity index (χ4n) is 2.86. The molecule has 7 nitrogen and oxygen atoms in total. The molecule has 140 valence electrons. The molecule has 2 N–H and O–H groups in total. The van der Waals surface area contributed by atoms with Crippen molar-refractivity contribution in [2.75, 3.05) is 66.5 Å². The molecule has 0 bridgehead atoms. The molecule has 1 unspecified atom stereocenters. The first-order valence-electron chi connectivity index (χ1n) is 9.20. The van der Waals surface area contributed by atoms with Crippen molar-refractivity contribution in [2.24, 2.45) is 4.99 Å². The molecule has 7 heteroatoms. The van der Waals surface area contributed by atoms with Gasteiger partial charge >= 0.3 is 0 Å². The largest absolute Gasteiger partial charge is 0.357 e. The van der Waals surface area contributed by atoms with Gasteiger partial charge in [0, 0.05) is 58.3 Å². The lowest BCUT2D eigenvalue weighted by molar-refractivity contribution is -0.130. The first kappa shape index (κ1) is 20.7. The average Bonchev–Trinajstić information content (AvgIpc) is 2.56. The zero-order chi connectivity index (χ0) is 17.9. The van der Waals surface area contributed by atoms with Gasteiger partial charge in [-0.3, -0.25) is 14.7 Å². The van der Waals surface area contributed by atoms with Gasteiger partial charge in [-0.1, -0.05) is 0 Å². The van der Waals surface area contributed by atoms with Gasteiger partial charge in [-0.25, -0.2) is 0 Å². The predicted molar refractivity (Wildman–Crippen MR) is 100 cm³/mol. The second-order valence-electron chi connectivity index (χ2n) is 6.36. The number of carbonyl (C=O) groups is 1. The smallest absolute Gasteiger partial charge is 0.224 e. The van der Waals surface area contributed by atoms with Crippen molar-refractivity contribution in [3.63, 3.8) is 0 Å². The summed E-state index contributed by atoms with van der Waals surface area (Å²) in [5.41, 5.74) is 0. The van der Waals surface area contributed by atoms with Gasteiger partial charge in [-0.2, -0.15) is 0 Å². The lowest BCUT2D eigenvalue weighted by Crippen LogP contribution is -2.51. The van der Waals surface area contributed by atoms with Crippen LogP contribution >= 0.6 is 0 Å². The molecule has 1 saturated heterocycles. The van der Waals surface area contributed by atoms with Gasteiger partial charge in [-0.15, -0.1) is 0 Å². The molecule has 1 atom stereocenters. The first-order chi connectivity index (χ1) is 11.5. The number of likely N-dealkylation sites (N-methyl/N-ethyl adjacent to an activating group) is 2. The van der Waals surface area contributed by atoms with Crippen molar-refractivity contribution in [1.82, 2.24) is 25.3 Å². The number of rotatable bonds is 8. The number of amides is 1. The molecule has 1 amide bonds. The van der Waals surface area contributed by atoms with Crippen LogP contribution in [-0.2, 0) is 4.79 Å². The maximum Gasteiger partial charge on any atom is 0.224 e. The Hall–Kier alpha value is -1.34. The molecule has 0 aromatic carbocycles. The minimum Gasteiger partial charge on any atom is -0.357 e. The summed E-state index contributed by atoms with van der Waals surface area (Å²) in [7, 11) is 4.32. The van der Waals surface area contributed by atoms with Crippen LogP contribution < -0.4 is 10.6 Å². The maximum absolute atomic E-state index is 12.0. The summed E-state index contributed by atoms with van der Waals surface area (Å²) in [6.45, 7) is 13.0. The molecule has 24 heavy (non-hydrogen) atoms. The molecule has 1 heterocycles. The number of nitrogens with one attached hydrogen (secondary N) is 2. The Labute approximate surface area is 147 Å². The minimum atomic E-state index is 0.192. The van der Waals surface area contributed by atoms with E-state index in [1.54, 1.807) is 0 Å². The van der Waals surface area contributed by atoms with Gasteiger partial charge in [0.05, 0.1) is 6.54 Å². The highest BCUT2D eigenvalue weighted by Gasteiger charge is 2.21. The Morgan fingerprint density at radius 2 is 1.88 bits per heavy atom. The highest BCUT2D eigenvalue weighted by atomic mass is 16.2. The number of hydrogen-bond donors (Lipinski definition) is 2. The summed E-state index contributed by atoms with van der Waals surface area (Å²) in [6.07, 6.45) is 0.498. The molecule has 1 rings (SSSR count). The second kappa shape index (κ2) is 11.3. The van der Waals surface area contributed by atoms with Crippen molar-refractivity contribution in [2.45, 2.75) is 33.2 Å². The van der Waals surface area contributed by atoms with Crippen molar-refractivity contribution in [3.8, 4) is 0 Å². The van der Waals surface area contributed by atoms with Crippen molar-refractivity contribution in [3.05, 3.63) is 0 Å². The normalized spacial score (nSPS) is 20.0. The van der Waals surface area contributed by atoms with E-state index in [1.807, 2.05) is 18.7 Å². The Morgan fingerprint density at radius 3 is 2.50 bits per heavy atom. The topological polar surface area (TPSA) is 63.2 Å². The third kappa shape index (κ3) is 7.05. The fraction of sp³-hybridized carbons (Fsp3) is 0.882. The van der Waals surface area contributed by atoms with E-state index in [1.165, 1.54) is 0 Å². The van der Waals surface area contributed by atoms with Crippen LogP contribution in [0, 0.1) is 0 Å². The lowest BCUT2D eigenvalue weighted by atomic mass is 10.2. The maximum atomic E-state index is 12.0. The van der Waals surface area contributed by atoms with E-state index in [-0.39, 0.29) is 5.91 Å². The van der Waals surface area contributed by atoms with Gasteiger partial charge in [0.25, 0.3) is 0 Å².